The van der Waals surface area contributed by atoms with Gasteiger partial charge in [-0.1, -0.05) is 0 Å². The summed E-state index contributed by atoms with van der Waals surface area (Å²) in [6.45, 7) is 6.11. The summed E-state index contributed by atoms with van der Waals surface area (Å²) in [4.78, 5) is 23.8. The fourth-order valence-electron chi connectivity index (χ4n) is 1.41. The molecular weight excluding hydrogens is 262 g/mol. The molecule has 7 nitrogen and oxygen atoms in total. The van der Waals surface area contributed by atoms with Gasteiger partial charge in [0.2, 0.25) is 0 Å². The Bertz CT molecular complexity index is 285. The van der Waals surface area contributed by atoms with Crippen LogP contribution in [-0.2, 0) is 9.53 Å². The van der Waals surface area contributed by atoms with Crippen molar-refractivity contribution in [1.82, 2.24) is 15.5 Å². The maximum atomic E-state index is 11.3. The summed E-state index contributed by atoms with van der Waals surface area (Å²) in [5.74, 6) is -1.01. The highest BCUT2D eigenvalue weighted by molar-refractivity contribution is 5.73. The maximum absolute atomic E-state index is 11.3. The quantitative estimate of drug-likeness (QED) is 0.482. The van der Waals surface area contributed by atoms with Gasteiger partial charge in [-0.15, -0.1) is 0 Å². The second kappa shape index (κ2) is 11.5. The van der Waals surface area contributed by atoms with Crippen molar-refractivity contribution >= 4 is 12.0 Å². The Balaban J connectivity index is 3.35. The fourth-order valence-corrected chi connectivity index (χ4v) is 1.41. The molecule has 2 amide bonds. The van der Waals surface area contributed by atoms with E-state index in [4.69, 9.17) is 9.84 Å². The number of ether oxygens (including phenoxy) is 1. The molecule has 0 saturated heterocycles. The van der Waals surface area contributed by atoms with Gasteiger partial charge in [0.1, 0.15) is 6.61 Å². The van der Waals surface area contributed by atoms with E-state index in [0.717, 1.165) is 19.4 Å². The molecule has 0 unspecified atom stereocenters. The third kappa shape index (κ3) is 11.7. The number of carboxylic acid groups (broad SMARTS) is 1. The molecule has 0 fully saturated rings. The van der Waals surface area contributed by atoms with E-state index in [-0.39, 0.29) is 19.2 Å². The summed E-state index contributed by atoms with van der Waals surface area (Å²) in [6.07, 6.45) is 1.97. The predicted molar refractivity (Wildman–Crippen MR) is 76.9 cm³/mol. The van der Waals surface area contributed by atoms with Gasteiger partial charge in [-0.25, -0.2) is 9.59 Å². The number of unbranched alkanes of at least 4 members (excludes halogenated alkanes) is 1. The van der Waals surface area contributed by atoms with Crippen molar-refractivity contribution in [2.24, 2.45) is 0 Å². The molecule has 7 heteroatoms. The molecular formula is C13H27N3O4. The Morgan fingerprint density at radius 2 is 1.85 bits per heavy atom. The van der Waals surface area contributed by atoms with Gasteiger partial charge in [0, 0.05) is 19.1 Å². The Hall–Kier alpha value is -1.34. The molecule has 0 heterocycles. The van der Waals surface area contributed by atoms with E-state index < -0.39 is 5.97 Å². The highest BCUT2D eigenvalue weighted by Crippen LogP contribution is 1.97. The number of rotatable bonds is 11. The SMILES string of the molecule is CC(C)N(C)CCCCNC(=O)NCCOCC(=O)O. The van der Waals surface area contributed by atoms with Gasteiger partial charge in [0.25, 0.3) is 0 Å². The lowest BCUT2D eigenvalue weighted by Crippen LogP contribution is -2.38. The van der Waals surface area contributed by atoms with E-state index in [1.807, 2.05) is 0 Å². The first-order valence-electron chi connectivity index (χ1n) is 6.95. The average Bonchev–Trinajstić information content (AvgIpc) is 2.37. The number of aliphatic carboxylic acids is 1. The average molecular weight is 289 g/mol. The molecule has 0 bridgehead atoms. The molecule has 0 aromatic rings. The molecule has 0 rings (SSSR count). The van der Waals surface area contributed by atoms with Crippen molar-refractivity contribution < 1.29 is 19.4 Å². The van der Waals surface area contributed by atoms with Crippen LogP contribution in [0.2, 0.25) is 0 Å². The van der Waals surface area contributed by atoms with Crippen molar-refractivity contribution in [3.05, 3.63) is 0 Å². The fraction of sp³-hybridized carbons (Fsp3) is 0.846. The second-order valence-electron chi connectivity index (χ2n) is 4.91. The van der Waals surface area contributed by atoms with E-state index in [9.17, 15) is 9.59 Å². The first-order valence-corrected chi connectivity index (χ1v) is 6.95. The van der Waals surface area contributed by atoms with Crippen LogP contribution < -0.4 is 10.6 Å². The lowest BCUT2D eigenvalue weighted by molar-refractivity contribution is -0.142. The topological polar surface area (TPSA) is 90.9 Å². The maximum Gasteiger partial charge on any atom is 0.329 e. The van der Waals surface area contributed by atoms with Crippen LogP contribution in [0.5, 0.6) is 0 Å². The molecule has 3 N–H and O–H groups in total. The van der Waals surface area contributed by atoms with Crippen LogP contribution in [0.3, 0.4) is 0 Å². The normalized spacial score (nSPS) is 10.8. The third-order valence-corrected chi connectivity index (χ3v) is 2.86. The first kappa shape index (κ1) is 18.7. The molecule has 0 saturated carbocycles. The molecule has 0 aliphatic rings. The van der Waals surface area contributed by atoms with Crippen molar-refractivity contribution in [2.75, 3.05) is 39.9 Å². The van der Waals surface area contributed by atoms with Gasteiger partial charge in [0.15, 0.2) is 0 Å². The van der Waals surface area contributed by atoms with Crippen molar-refractivity contribution in [2.45, 2.75) is 32.7 Å². The van der Waals surface area contributed by atoms with Crippen LogP contribution in [0, 0.1) is 0 Å². The smallest absolute Gasteiger partial charge is 0.329 e. The van der Waals surface area contributed by atoms with Gasteiger partial charge >= 0.3 is 12.0 Å². The summed E-state index contributed by atoms with van der Waals surface area (Å²) in [5.41, 5.74) is 0. The van der Waals surface area contributed by atoms with E-state index in [2.05, 4.69) is 36.4 Å². The van der Waals surface area contributed by atoms with E-state index in [1.165, 1.54) is 0 Å². The highest BCUT2D eigenvalue weighted by atomic mass is 16.5. The van der Waals surface area contributed by atoms with Gasteiger partial charge in [-0.05, 0) is 40.3 Å². The molecule has 0 radical (unpaired) electrons. The minimum absolute atomic E-state index is 0.193. The number of urea groups is 1. The molecule has 0 spiro atoms. The number of carboxylic acids is 1. The van der Waals surface area contributed by atoms with Crippen molar-refractivity contribution in [3.63, 3.8) is 0 Å². The number of amides is 2. The second-order valence-corrected chi connectivity index (χ2v) is 4.91. The molecule has 0 aromatic carbocycles. The standard InChI is InChI=1S/C13H27N3O4/c1-11(2)16(3)8-5-4-6-14-13(19)15-7-9-20-10-12(17)18/h11H,4-10H2,1-3H3,(H,17,18)(H2,14,15,19). The number of nitrogens with zero attached hydrogens (tertiary/aromatic N) is 1. The number of nitrogens with one attached hydrogen (secondary N) is 2. The van der Waals surface area contributed by atoms with Gasteiger partial charge in [-0.3, -0.25) is 0 Å². The van der Waals surface area contributed by atoms with Gasteiger partial charge < -0.3 is 25.4 Å². The lowest BCUT2D eigenvalue weighted by Gasteiger charge is -2.20. The van der Waals surface area contributed by atoms with E-state index >= 15 is 0 Å². The zero-order chi connectivity index (χ0) is 15.4. The number of carbonyl (C=O) groups excluding carboxylic acids is 1. The summed E-state index contributed by atoms with van der Waals surface area (Å²) >= 11 is 0. The Kier molecular flexibility index (Phi) is 10.7. The van der Waals surface area contributed by atoms with Crippen LogP contribution in [0.15, 0.2) is 0 Å². The van der Waals surface area contributed by atoms with Crippen molar-refractivity contribution in [3.8, 4) is 0 Å². The summed E-state index contributed by atoms with van der Waals surface area (Å²) in [5, 5.41) is 13.7. The Labute approximate surface area is 120 Å². The zero-order valence-electron chi connectivity index (χ0n) is 12.6. The van der Waals surface area contributed by atoms with E-state index in [1.54, 1.807) is 0 Å². The van der Waals surface area contributed by atoms with Crippen LogP contribution >= 0.6 is 0 Å². The van der Waals surface area contributed by atoms with E-state index in [0.29, 0.717) is 19.1 Å². The summed E-state index contributed by atoms with van der Waals surface area (Å²) in [7, 11) is 2.09. The van der Waals surface area contributed by atoms with Gasteiger partial charge in [0.05, 0.1) is 6.61 Å². The van der Waals surface area contributed by atoms with Crippen LogP contribution in [0.1, 0.15) is 26.7 Å². The van der Waals surface area contributed by atoms with Crippen LogP contribution in [-0.4, -0.2) is 67.9 Å². The highest BCUT2D eigenvalue weighted by Gasteiger charge is 2.03. The molecule has 0 atom stereocenters. The minimum Gasteiger partial charge on any atom is -0.480 e. The zero-order valence-corrected chi connectivity index (χ0v) is 12.6. The summed E-state index contributed by atoms with van der Waals surface area (Å²) < 4.78 is 4.79. The molecule has 0 aromatic heterocycles. The largest absolute Gasteiger partial charge is 0.480 e. The van der Waals surface area contributed by atoms with Gasteiger partial charge in [-0.2, -0.15) is 0 Å². The molecule has 0 aliphatic heterocycles. The van der Waals surface area contributed by atoms with Crippen LogP contribution in [0.25, 0.3) is 0 Å². The Morgan fingerprint density at radius 1 is 1.20 bits per heavy atom. The lowest BCUT2D eigenvalue weighted by atomic mass is 10.2. The molecule has 118 valence electrons. The molecule has 0 aliphatic carbocycles. The molecule has 20 heavy (non-hydrogen) atoms. The summed E-state index contributed by atoms with van der Waals surface area (Å²) in [6, 6.07) is 0.290. The third-order valence-electron chi connectivity index (χ3n) is 2.86. The first-order chi connectivity index (χ1) is 9.43. The van der Waals surface area contributed by atoms with Crippen molar-refractivity contribution in [1.29, 1.82) is 0 Å². The predicted octanol–water partition coefficient (Wildman–Crippen LogP) is 0.507. The number of hydrogen-bond donors (Lipinski definition) is 3. The monoisotopic (exact) mass is 289 g/mol. The number of hydrogen-bond acceptors (Lipinski definition) is 4. The number of carbonyl (C=O) groups is 2. The van der Waals surface area contributed by atoms with Crippen LogP contribution in [0.4, 0.5) is 4.79 Å². The Morgan fingerprint density at radius 3 is 2.45 bits per heavy atom. The minimum atomic E-state index is -1.01.